The quantitative estimate of drug-likeness (QED) is 0.308. The number of amides is 1. The van der Waals surface area contributed by atoms with E-state index < -0.39 is 11.5 Å². The first-order valence-corrected chi connectivity index (χ1v) is 12.9. The molecule has 3 unspecified atom stereocenters. The molecule has 2 aliphatic heterocycles. The highest BCUT2D eigenvalue weighted by atomic mass is 19.1. The number of hydrogen-bond acceptors (Lipinski definition) is 3. The van der Waals surface area contributed by atoms with Gasteiger partial charge in [0.2, 0.25) is 0 Å². The lowest BCUT2D eigenvalue weighted by molar-refractivity contribution is -0.129. The summed E-state index contributed by atoms with van der Waals surface area (Å²) in [6.07, 6.45) is 0. The molecule has 0 N–H and O–H groups in total. The number of para-hydroxylation sites is 1. The lowest BCUT2D eigenvalue weighted by atomic mass is 9.70. The van der Waals surface area contributed by atoms with Gasteiger partial charge in [-0.2, -0.15) is 0 Å². The van der Waals surface area contributed by atoms with Crippen LogP contribution < -0.4 is 4.90 Å². The van der Waals surface area contributed by atoms with E-state index in [4.69, 9.17) is 0 Å². The minimum atomic E-state index is -1.18. The molecule has 0 bridgehead atoms. The maximum Gasteiger partial charge on any atom is 0.253 e. The molecule has 3 atom stereocenters. The minimum absolute atomic E-state index is 0.0785. The SMILES string of the molecule is Cc1ccccc1CN1C(=O)C2(c3ccccc31)C(C(=O)c1ccccc1)C(c1ccc(F)cc1)CN2C. The molecular formula is C33H29FN2O2. The van der Waals surface area contributed by atoms with Gasteiger partial charge >= 0.3 is 0 Å². The van der Waals surface area contributed by atoms with E-state index in [9.17, 15) is 14.0 Å². The molecule has 0 radical (unpaired) electrons. The number of ketones is 1. The van der Waals surface area contributed by atoms with Gasteiger partial charge in [-0.15, -0.1) is 0 Å². The summed E-state index contributed by atoms with van der Waals surface area (Å²) in [6.45, 7) is 2.96. The Hall–Kier alpha value is -4.09. The molecule has 190 valence electrons. The van der Waals surface area contributed by atoms with E-state index in [1.165, 1.54) is 12.1 Å². The zero-order valence-corrected chi connectivity index (χ0v) is 21.5. The summed E-state index contributed by atoms with van der Waals surface area (Å²) >= 11 is 0. The predicted octanol–water partition coefficient (Wildman–Crippen LogP) is 6.10. The summed E-state index contributed by atoms with van der Waals surface area (Å²) in [5.41, 5.74) is 4.10. The molecule has 0 aromatic heterocycles. The number of fused-ring (bicyclic) bond motifs is 2. The van der Waals surface area contributed by atoms with Crippen LogP contribution in [0.15, 0.2) is 103 Å². The van der Waals surface area contributed by atoms with Crippen molar-refractivity contribution in [3.63, 3.8) is 0 Å². The van der Waals surface area contributed by atoms with Crippen molar-refractivity contribution in [3.8, 4) is 0 Å². The van der Waals surface area contributed by atoms with Crippen LogP contribution in [0.1, 0.15) is 38.5 Å². The number of hydrogen-bond donors (Lipinski definition) is 0. The molecule has 2 aliphatic rings. The van der Waals surface area contributed by atoms with Crippen molar-refractivity contribution in [2.24, 2.45) is 5.92 Å². The van der Waals surface area contributed by atoms with Crippen molar-refractivity contribution >= 4 is 17.4 Å². The lowest BCUT2D eigenvalue weighted by Gasteiger charge is -2.36. The van der Waals surface area contributed by atoms with Crippen LogP contribution in [0.5, 0.6) is 0 Å². The first kappa shape index (κ1) is 24.3. The van der Waals surface area contributed by atoms with E-state index in [0.717, 1.165) is 27.9 Å². The predicted molar refractivity (Wildman–Crippen MR) is 147 cm³/mol. The number of nitrogens with zero attached hydrogens (tertiary/aromatic N) is 2. The monoisotopic (exact) mass is 504 g/mol. The lowest BCUT2D eigenvalue weighted by Crippen LogP contribution is -2.53. The van der Waals surface area contributed by atoms with Gasteiger partial charge in [0.1, 0.15) is 11.4 Å². The number of anilines is 1. The molecule has 1 spiro atoms. The number of aryl methyl sites for hydroxylation is 1. The fraction of sp³-hybridized carbons (Fsp3) is 0.212. The Kier molecular flexibility index (Phi) is 5.96. The number of Topliss-reactive ketones (excluding diaryl/α,β-unsaturated/α-hetero) is 1. The van der Waals surface area contributed by atoms with E-state index >= 15 is 0 Å². The Morgan fingerprint density at radius 3 is 2.29 bits per heavy atom. The average Bonchev–Trinajstić information content (AvgIpc) is 3.38. The zero-order chi connectivity index (χ0) is 26.4. The van der Waals surface area contributed by atoms with Crippen molar-refractivity contribution in [2.45, 2.75) is 24.9 Å². The highest BCUT2D eigenvalue weighted by molar-refractivity contribution is 6.13. The highest BCUT2D eigenvalue weighted by Gasteiger charge is 2.66. The highest BCUT2D eigenvalue weighted by Crippen LogP contribution is 2.57. The number of likely N-dealkylation sites (N-methyl/N-ethyl adjacent to an activating group) is 1. The van der Waals surface area contributed by atoms with E-state index in [-0.39, 0.29) is 23.4 Å². The minimum Gasteiger partial charge on any atom is -0.306 e. The third-order valence-corrected chi connectivity index (χ3v) is 8.33. The Morgan fingerprint density at radius 2 is 1.55 bits per heavy atom. The van der Waals surface area contributed by atoms with Crippen molar-refractivity contribution < 1.29 is 14.0 Å². The standard InChI is InChI=1S/C33H29FN2O2/c1-22-10-6-7-13-25(22)20-36-29-15-9-8-14-28(29)33(32(36)38)30(31(37)24-11-4-3-5-12-24)27(21-35(33)2)23-16-18-26(34)19-17-23/h3-19,27,30H,20-21H2,1-2H3. The first-order chi connectivity index (χ1) is 18.4. The number of rotatable bonds is 5. The normalized spacial score (nSPS) is 22.7. The molecule has 5 heteroatoms. The maximum absolute atomic E-state index is 14.8. The van der Waals surface area contributed by atoms with Gasteiger partial charge in [-0.25, -0.2) is 4.39 Å². The second-order valence-corrected chi connectivity index (χ2v) is 10.3. The van der Waals surface area contributed by atoms with Crippen LogP contribution in [0, 0.1) is 18.7 Å². The molecule has 4 aromatic carbocycles. The van der Waals surface area contributed by atoms with Crippen LogP contribution in [-0.2, 0) is 16.9 Å². The van der Waals surface area contributed by atoms with Crippen molar-refractivity contribution in [2.75, 3.05) is 18.5 Å². The van der Waals surface area contributed by atoms with Gasteiger partial charge < -0.3 is 4.90 Å². The summed E-state index contributed by atoms with van der Waals surface area (Å²) in [6, 6.07) is 31.5. The smallest absolute Gasteiger partial charge is 0.253 e. The Bertz CT molecular complexity index is 1520. The number of benzene rings is 4. The molecule has 6 rings (SSSR count). The summed E-state index contributed by atoms with van der Waals surface area (Å²) < 4.78 is 13.9. The molecule has 0 saturated carbocycles. The van der Waals surface area contributed by atoms with Crippen molar-refractivity contribution in [1.29, 1.82) is 0 Å². The number of carbonyl (C=O) groups excluding carboxylic acids is 2. The van der Waals surface area contributed by atoms with Gasteiger partial charge in [-0.1, -0.05) is 84.9 Å². The molecule has 1 saturated heterocycles. The second kappa shape index (κ2) is 9.34. The maximum atomic E-state index is 14.8. The molecular weight excluding hydrogens is 475 g/mol. The van der Waals surface area contributed by atoms with Gasteiger partial charge in [-0.05, 0) is 48.9 Å². The molecule has 4 aromatic rings. The van der Waals surface area contributed by atoms with Gasteiger partial charge in [0, 0.05) is 29.3 Å². The first-order valence-electron chi connectivity index (χ1n) is 12.9. The van der Waals surface area contributed by atoms with Crippen LogP contribution in [0.3, 0.4) is 0 Å². The third kappa shape index (κ3) is 3.61. The largest absolute Gasteiger partial charge is 0.306 e. The van der Waals surface area contributed by atoms with E-state index in [1.807, 2.05) is 103 Å². The van der Waals surface area contributed by atoms with Crippen LogP contribution in [0.4, 0.5) is 10.1 Å². The Labute approximate surface area is 222 Å². The molecule has 1 amide bonds. The number of halogens is 1. The summed E-state index contributed by atoms with van der Waals surface area (Å²) in [4.78, 5) is 33.1. The molecule has 1 fully saturated rings. The summed E-state index contributed by atoms with van der Waals surface area (Å²) in [5, 5.41) is 0. The van der Waals surface area contributed by atoms with Crippen LogP contribution in [-0.4, -0.2) is 30.2 Å². The van der Waals surface area contributed by atoms with Crippen molar-refractivity contribution in [1.82, 2.24) is 4.90 Å². The van der Waals surface area contributed by atoms with Gasteiger partial charge in [-0.3, -0.25) is 14.5 Å². The summed E-state index contributed by atoms with van der Waals surface area (Å²) in [7, 11) is 1.93. The van der Waals surface area contributed by atoms with Gasteiger partial charge in [0.15, 0.2) is 5.78 Å². The molecule has 4 nitrogen and oxygen atoms in total. The number of carbonyl (C=O) groups is 2. The second-order valence-electron chi connectivity index (χ2n) is 10.3. The van der Waals surface area contributed by atoms with Crippen LogP contribution >= 0.6 is 0 Å². The van der Waals surface area contributed by atoms with E-state index in [0.29, 0.717) is 18.7 Å². The van der Waals surface area contributed by atoms with Crippen LogP contribution in [0.2, 0.25) is 0 Å². The Balaban J connectivity index is 1.54. The molecule has 2 heterocycles. The van der Waals surface area contributed by atoms with Gasteiger partial charge in [0.05, 0.1) is 12.5 Å². The topological polar surface area (TPSA) is 40.6 Å². The van der Waals surface area contributed by atoms with E-state index in [1.54, 1.807) is 12.1 Å². The fourth-order valence-corrected chi connectivity index (χ4v) is 6.48. The van der Waals surface area contributed by atoms with Crippen molar-refractivity contribution in [3.05, 3.63) is 137 Å². The Morgan fingerprint density at radius 1 is 0.895 bits per heavy atom. The zero-order valence-electron chi connectivity index (χ0n) is 21.5. The molecule has 38 heavy (non-hydrogen) atoms. The van der Waals surface area contributed by atoms with Crippen LogP contribution in [0.25, 0.3) is 0 Å². The average molecular weight is 505 g/mol. The van der Waals surface area contributed by atoms with E-state index in [2.05, 4.69) is 0 Å². The summed E-state index contributed by atoms with van der Waals surface area (Å²) in [5.74, 6) is -1.47. The molecule has 0 aliphatic carbocycles. The van der Waals surface area contributed by atoms with Gasteiger partial charge in [0.25, 0.3) is 5.91 Å². The third-order valence-electron chi connectivity index (χ3n) is 8.33. The number of likely N-dealkylation sites (tertiary alicyclic amines) is 1. The fourth-order valence-electron chi connectivity index (χ4n) is 6.48.